The van der Waals surface area contributed by atoms with Crippen LogP contribution in [0.25, 0.3) is 0 Å². The summed E-state index contributed by atoms with van der Waals surface area (Å²) in [4.78, 5) is 4.06. The quantitative estimate of drug-likeness (QED) is 0.763. The molecule has 0 bridgehead atoms. The van der Waals surface area contributed by atoms with Crippen LogP contribution < -0.4 is 5.32 Å². The highest BCUT2D eigenvalue weighted by atomic mass is 35.5. The maximum atomic E-state index is 4.06. The zero-order chi connectivity index (χ0) is 9.52. The van der Waals surface area contributed by atoms with Gasteiger partial charge in [-0.05, 0) is 30.5 Å². The molecule has 14 heavy (non-hydrogen) atoms. The Morgan fingerprint density at radius 2 is 2.21 bits per heavy atom. The summed E-state index contributed by atoms with van der Waals surface area (Å²) in [6, 6.07) is 4.06. The predicted octanol–water partition coefficient (Wildman–Crippen LogP) is 2.64. The Morgan fingerprint density at radius 3 is 2.79 bits per heavy atom. The smallest absolute Gasteiger partial charge is 0.0312 e. The molecule has 0 saturated heterocycles. The van der Waals surface area contributed by atoms with E-state index in [2.05, 4.69) is 30.2 Å². The summed E-state index contributed by atoms with van der Waals surface area (Å²) in [7, 11) is 0. The third-order valence-electron chi connectivity index (χ3n) is 1.95. The van der Waals surface area contributed by atoms with Crippen molar-refractivity contribution >= 4 is 12.4 Å². The van der Waals surface area contributed by atoms with Crippen molar-refractivity contribution in [1.82, 2.24) is 10.3 Å². The molecule has 1 aromatic rings. The zero-order valence-corrected chi connectivity index (χ0v) is 9.68. The van der Waals surface area contributed by atoms with Crippen molar-refractivity contribution < 1.29 is 0 Å². The minimum absolute atomic E-state index is 0. The molecule has 0 spiro atoms. The zero-order valence-electron chi connectivity index (χ0n) is 8.86. The average molecular weight is 215 g/mol. The van der Waals surface area contributed by atoms with Crippen LogP contribution in [0.2, 0.25) is 0 Å². The van der Waals surface area contributed by atoms with Crippen molar-refractivity contribution in [2.24, 2.45) is 5.92 Å². The summed E-state index contributed by atoms with van der Waals surface area (Å²) in [5.74, 6) is 0.779. The first-order valence-corrected chi connectivity index (χ1v) is 4.88. The minimum atomic E-state index is 0. The van der Waals surface area contributed by atoms with Gasteiger partial charge in [0.25, 0.3) is 0 Å². The van der Waals surface area contributed by atoms with Crippen LogP contribution in [0.5, 0.6) is 0 Å². The third kappa shape index (κ3) is 5.95. The normalized spacial score (nSPS) is 9.93. The van der Waals surface area contributed by atoms with Gasteiger partial charge in [-0.1, -0.05) is 19.9 Å². The van der Waals surface area contributed by atoms with Crippen molar-refractivity contribution in [2.45, 2.75) is 26.8 Å². The molecule has 3 heteroatoms. The molecule has 0 atom stereocenters. The lowest BCUT2D eigenvalue weighted by atomic mass is 10.1. The van der Waals surface area contributed by atoms with Gasteiger partial charge in [-0.25, -0.2) is 0 Å². The Bertz CT molecular complexity index is 224. The van der Waals surface area contributed by atoms with Gasteiger partial charge in [0.1, 0.15) is 0 Å². The fraction of sp³-hybridized carbons (Fsp3) is 0.545. The SMILES string of the molecule is CC(C)CCNCc1cccnc1.Cl. The van der Waals surface area contributed by atoms with Crippen LogP contribution in [0.3, 0.4) is 0 Å². The van der Waals surface area contributed by atoms with E-state index in [1.807, 2.05) is 12.3 Å². The summed E-state index contributed by atoms with van der Waals surface area (Å²) in [6.45, 7) is 6.50. The van der Waals surface area contributed by atoms with Gasteiger partial charge in [-0.3, -0.25) is 4.98 Å². The van der Waals surface area contributed by atoms with Crippen LogP contribution in [0.15, 0.2) is 24.5 Å². The topological polar surface area (TPSA) is 24.9 Å². The highest BCUT2D eigenvalue weighted by molar-refractivity contribution is 5.85. The summed E-state index contributed by atoms with van der Waals surface area (Å²) in [5, 5.41) is 3.39. The summed E-state index contributed by atoms with van der Waals surface area (Å²) < 4.78 is 0. The number of halogens is 1. The van der Waals surface area contributed by atoms with E-state index in [1.54, 1.807) is 6.20 Å². The number of aromatic nitrogens is 1. The van der Waals surface area contributed by atoms with Gasteiger partial charge in [0, 0.05) is 18.9 Å². The highest BCUT2D eigenvalue weighted by Gasteiger charge is 1.94. The Morgan fingerprint density at radius 1 is 1.43 bits per heavy atom. The Balaban J connectivity index is 0.00000169. The molecule has 0 aliphatic carbocycles. The number of hydrogen-bond acceptors (Lipinski definition) is 2. The van der Waals surface area contributed by atoms with Gasteiger partial charge in [-0.2, -0.15) is 0 Å². The maximum absolute atomic E-state index is 4.06. The fourth-order valence-electron chi connectivity index (χ4n) is 1.13. The van der Waals surface area contributed by atoms with E-state index in [-0.39, 0.29) is 12.4 Å². The van der Waals surface area contributed by atoms with Crippen LogP contribution in [0.1, 0.15) is 25.8 Å². The van der Waals surface area contributed by atoms with Crippen molar-refractivity contribution in [3.63, 3.8) is 0 Å². The molecule has 0 unspecified atom stereocenters. The average Bonchev–Trinajstić information content (AvgIpc) is 2.14. The van der Waals surface area contributed by atoms with Gasteiger partial charge in [-0.15, -0.1) is 12.4 Å². The van der Waals surface area contributed by atoms with Gasteiger partial charge in [0.05, 0.1) is 0 Å². The Labute approximate surface area is 92.5 Å². The van der Waals surface area contributed by atoms with E-state index in [9.17, 15) is 0 Å². The first kappa shape index (κ1) is 13.4. The van der Waals surface area contributed by atoms with Crippen LogP contribution >= 0.6 is 12.4 Å². The number of nitrogens with zero attached hydrogens (tertiary/aromatic N) is 1. The molecule has 0 aliphatic heterocycles. The first-order valence-electron chi connectivity index (χ1n) is 4.88. The van der Waals surface area contributed by atoms with Crippen molar-refractivity contribution in [3.05, 3.63) is 30.1 Å². The predicted molar refractivity (Wildman–Crippen MR) is 62.6 cm³/mol. The van der Waals surface area contributed by atoms with E-state index in [0.29, 0.717) is 0 Å². The minimum Gasteiger partial charge on any atom is -0.313 e. The van der Waals surface area contributed by atoms with Crippen LogP contribution in [0.4, 0.5) is 0 Å². The molecule has 2 nitrogen and oxygen atoms in total. The van der Waals surface area contributed by atoms with Crippen LogP contribution in [0, 0.1) is 5.92 Å². The Hall–Kier alpha value is -0.600. The first-order chi connectivity index (χ1) is 6.29. The summed E-state index contributed by atoms with van der Waals surface area (Å²) in [5.41, 5.74) is 1.26. The van der Waals surface area contributed by atoms with E-state index in [1.165, 1.54) is 12.0 Å². The Kier molecular flexibility index (Phi) is 7.44. The fourth-order valence-corrected chi connectivity index (χ4v) is 1.13. The second-order valence-corrected chi connectivity index (χ2v) is 3.72. The molecule has 0 saturated carbocycles. The van der Waals surface area contributed by atoms with E-state index >= 15 is 0 Å². The number of rotatable bonds is 5. The molecule has 1 rings (SSSR count). The van der Waals surface area contributed by atoms with Crippen molar-refractivity contribution in [3.8, 4) is 0 Å². The van der Waals surface area contributed by atoms with Crippen LogP contribution in [-0.4, -0.2) is 11.5 Å². The number of hydrogen-bond donors (Lipinski definition) is 1. The second-order valence-electron chi connectivity index (χ2n) is 3.72. The van der Waals surface area contributed by atoms with E-state index in [0.717, 1.165) is 19.0 Å². The van der Waals surface area contributed by atoms with Gasteiger partial charge in [0.2, 0.25) is 0 Å². The number of pyridine rings is 1. The van der Waals surface area contributed by atoms with E-state index < -0.39 is 0 Å². The van der Waals surface area contributed by atoms with Crippen molar-refractivity contribution in [2.75, 3.05) is 6.54 Å². The standard InChI is InChI=1S/C11H18N2.ClH/c1-10(2)5-7-13-9-11-4-3-6-12-8-11;/h3-4,6,8,10,13H,5,7,9H2,1-2H3;1H. The van der Waals surface area contributed by atoms with Crippen molar-refractivity contribution in [1.29, 1.82) is 0 Å². The maximum Gasteiger partial charge on any atom is 0.0312 e. The highest BCUT2D eigenvalue weighted by Crippen LogP contribution is 1.98. The molecule has 1 heterocycles. The molecular formula is C11H19ClN2. The third-order valence-corrected chi connectivity index (χ3v) is 1.95. The summed E-state index contributed by atoms with van der Waals surface area (Å²) >= 11 is 0. The second kappa shape index (κ2) is 7.77. The number of nitrogens with one attached hydrogen (secondary N) is 1. The van der Waals surface area contributed by atoms with Gasteiger partial charge >= 0.3 is 0 Å². The lowest BCUT2D eigenvalue weighted by Gasteiger charge is -2.06. The lowest BCUT2D eigenvalue weighted by Crippen LogP contribution is -2.16. The van der Waals surface area contributed by atoms with Gasteiger partial charge < -0.3 is 5.32 Å². The summed E-state index contributed by atoms with van der Waals surface area (Å²) in [6.07, 6.45) is 4.94. The molecule has 0 aliphatic rings. The largest absolute Gasteiger partial charge is 0.313 e. The molecule has 1 aromatic heterocycles. The molecule has 0 amide bonds. The molecule has 1 N–H and O–H groups in total. The molecule has 0 aromatic carbocycles. The van der Waals surface area contributed by atoms with Crippen LogP contribution in [-0.2, 0) is 6.54 Å². The van der Waals surface area contributed by atoms with E-state index in [4.69, 9.17) is 0 Å². The molecular weight excluding hydrogens is 196 g/mol. The molecule has 80 valence electrons. The van der Waals surface area contributed by atoms with Gasteiger partial charge in [0.15, 0.2) is 0 Å². The lowest BCUT2D eigenvalue weighted by molar-refractivity contribution is 0.537. The molecule has 0 fully saturated rings. The molecule has 0 radical (unpaired) electrons. The monoisotopic (exact) mass is 214 g/mol.